The van der Waals surface area contributed by atoms with Gasteiger partial charge in [-0.15, -0.1) is 0 Å². The minimum atomic E-state index is -4.54. The lowest BCUT2D eigenvalue weighted by Crippen LogP contribution is -2.41. The summed E-state index contributed by atoms with van der Waals surface area (Å²) in [7, 11) is 0. The van der Waals surface area contributed by atoms with Crippen LogP contribution >= 0.6 is 0 Å². The van der Waals surface area contributed by atoms with Crippen LogP contribution in [0.15, 0.2) is 54.6 Å². The van der Waals surface area contributed by atoms with Crippen LogP contribution in [0.4, 0.5) is 18.0 Å². The number of hydrogen-bond donors (Lipinski definition) is 2. The second-order valence-corrected chi connectivity index (χ2v) is 8.98. The molecule has 2 amide bonds. The molecule has 0 heterocycles. The van der Waals surface area contributed by atoms with Crippen molar-refractivity contribution in [1.29, 1.82) is 0 Å². The van der Waals surface area contributed by atoms with Gasteiger partial charge in [-0.25, -0.2) is 10.3 Å². The second-order valence-electron chi connectivity index (χ2n) is 8.98. The van der Waals surface area contributed by atoms with Gasteiger partial charge in [-0.05, 0) is 38.0 Å². The monoisotopic (exact) mass is 496 g/mol. The largest absolute Gasteiger partial charge is 0.444 e. The highest BCUT2D eigenvalue weighted by Gasteiger charge is 2.32. The lowest BCUT2D eigenvalue weighted by atomic mass is 9.97. The smallest absolute Gasteiger partial charge is 0.416 e. The molecule has 0 radical (unpaired) electrons. The zero-order chi connectivity index (χ0) is 26.1. The van der Waals surface area contributed by atoms with E-state index in [1.165, 1.54) is 17.0 Å². The number of carbonyl (C=O) groups excluding carboxylic acids is 2. The molecule has 0 spiro atoms. The topological polar surface area (TPSA) is 88.1 Å². The van der Waals surface area contributed by atoms with Crippen molar-refractivity contribution in [1.82, 2.24) is 10.4 Å². The molecule has 192 valence electrons. The first kappa shape index (κ1) is 28.1. The molecule has 10 heteroatoms. The normalized spacial score (nSPS) is 12.7. The van der Waals surface area contributed by atoms with Crippen molar-refractivity contribution in [2.24, 2.45) is 0 Å². The van der Waals surface area contributed by atoms with Crippen LogP contribution in [0.25, 0.3) is 0 Å². The van der Waals surface area contributed by atoms with Crippen LogP contribution in [-0.4, -0.2) is 47.3 Å². The van der Waals surface area contributed by atoms with E-state index in [4.69, 9.17) is 9.57 Å². The molecule has 2 aromatic carbocycles. The highest BCUT2D eigenvalue weighted by Crippen LogP contribution is 2.31. The van der Waals surface area contributed by atoms with E-state index in [0.29, 0.717) is 0 Å². The van der Waals surface area contributed by atoms with E-state index >= 15 is 0 Å². The van der Waals surface area contributed by atoms with E-state index in [-0.39, 0.29) is 31.7 Å². The summed E-state index contributed by atoms with van der Waals surface area (Å²) < 4.78 is 44.8. The van der Waals surface area contributed by atoms with Gasteiger partial charge in [0.05, 0.1) is 18.8 Å². The second kappa shape index (κ2) is 12.6. The number of rotatable bonds is 10. The Morgan fingerprint density at radius 2 is 1.74 bits per heavy atom. The summed E-state index contributed by atoms with van der Waals surface area (Å²) in [5.74, 6) is -1.31. The number of aliphatic hydroxyl groups excluding tert-OH is 1. The minimum Gasteiger partial charge on any atom is -0.444 e. The molecule has 1 atom stereocenters. The lowest BCUT2D eigenvalue weighted by molar-refractivity contribution is -0.137. The Bertz CT molecular complexity index is 962. The van der Waals surface area contributed by atoms with Gasteiger partial charge in [0.2, 0.25) is 5.91 Å². The molecule has 0 unspecified atom stereocenters. The molecular weight excluding hydrogens is 465 g/mol. The molecule has 0 aliphatic rings. The first-order chi connectivity index (χ1) is 16.4. The predicted octanol–water partition coefficient (Wildman–Crippen LogP) is 4.66. The van der Waals surface area contributed by atoms with Crippen molar-refractivity contribution in [3.8, 4) is 0 Å². The number of alkyl halides is 3. The number of nitrogens with one attached hydrogen (secondary N) is 1. The SMILES string of the molecule is CC(C)(C)OC(=O)N(CCC(=O)NOCc1ccccc1)C[C@@H](CO)c1cccc(C(F)(F)F)c1. The average Bonchev–Trinajstić information content (AvgIpc) is 2.78. The summed E-state index contributed by atoms with van der Waals surface area (Å²) in [4.78, 5) is 31.4. The number of aliphatic hydroxyl groups is 1. The fourth-order valence-electron chi connectivity index (χ4n) is 3.15. The summed E-state index contributed by atoms with van der Waals surface area (Å²) in [6, 6.07) is 13.8. The lowest BCUT2D eigenvalue weighted by Gasteiger charge is -2.30. The maximum Gasteiger partial charge on any atom is 0.416 e. The first-order valence-electron chi connectivity index (χ1n) is 11.1. The molecular formula is C25H31F3N2O5. The third-order valence-corrected chi connectivity index (χ3v) is 4.87. The average molecular weight is 497 g/mol. The zero-order valence-corrected chi connectivity index (χ0v) is 20.0. The van der Waals surface area contributed by atoms with Crippen molar-refractivity contribution in [2.45, 2.75) is 51.5 Å². The predicted molar refractivity (Wildman–Crippen MR) is 123 cm³/mol. The summed E-state index contributed by atoms with van der Waals surface area (Å²) in [5, 5.41) is 9.88. The number of carbonyl (C=O) groups is 2. The Hall–Kier alpha value is -3.11. The maximum atomic E-state index is 13.1. The van der Waals surface area contributed by atoms with Crippen LogP contribution < -0.4 is 5.48 Å². The molecule has 2 N–H and O–H groups in total. The minimum absolute atomic E-state index is 0.0924. The standard InChI is InChI=1S/C25H31F3N2O5/c1-24(2,3)35-23(33)30(13-12-22(32)29-34-17-18-8-5-4-6-9-18)15-20(16-31)19-10-7-11-21(14-19)25(26,27)28/h4-11,14,20,31H,12-13,15-17H2,1-3H3,(H,29,32)/t20-/m0/s1. The molecule has 0 aliphatic carbocycles. The van der Waals surface area contributed by atoms with Crippen LogP contribution in [0.1, 0.15) is 49.8 Å². The van der Waals surface area contributed by atoms with Crippen LogP contribution in [0.3, 0.4) is 0 Å². The van der Waals surface area contributed by atoms with Crippen molar-refractivity contribution in [2.75, 3.05) is 19.7 Å². The Morgan fingerprint density at radius 3 is 2.34 bits per heavy atom. The van der Waals surface area contributed by atoms with Gasteiger partial charge in [0.15, 0.2) is 0 Å². The van der Waals surface area contributed by atoms with Crippen molar-refractivity contribution < 1.29 is 37.4 Å². The van der Waals surface area contributed by atoms with Crippen molar-refractivity contribution in [3.05, 3.63) is 71.3 Å². The molecule has 35 heavy (non-hydrogen) atoms. The van der Waals surface area contributed by atoms with Gasteiger partial charge in [-0.2, -0.15) is 13.2 Å². The van der Waals surface area contributed by atoms with E-state index in [2.05, 4.69) is 5.48 Å². The number of amides is 2. The zero-order valence-electron chi connectivity index (χ0n) is 20.0. The van der Waals surface area contributed by atoms with E-state index in [1.54, 1.807) is 20.8 Å². The summed E-state index contributed by atoms with van der Waals surface area (Å²) in [6.07, 6.45) is -5.44. The van der Waals surface area contributed by atoms with Crippen LogP contribution in [0.5, 0.6) is 0 Å². The Labute approximate surface area is 202 Å². The van der Waals surface area contributed by atoms with Crippen LogP contribution in [0, 0.1) is 0 Å². The number of halogens is 3. The molecule has 0 bridgehead atoms. The molecule has 0 aliphatic heterocycles. The molecule has 0 saturated carbocycles. The summed E-state index contributed by atoms with van der Waals surface area (Å²) >= 11 is 0. The number of nitrogens with zero attached hydrogens (tertiary/aromatic N) is 1. The van der Waals surface area contributed by atoms with E-state index in [0.717, 1.165) is 17.7 Å². The number of hydroxylamine groups is 1. The summed E-state index contributed by atoms with van der Waals surface area (Å²) in [6.45, 7) is 4.42. The first-order valence-corrected chi connectivity index (χ1v) is 11.1. The van der Waals surface area contributed by atoms with E-state index in [1.807, 2.05) is 30.3 Å². The Balaban J connectivity index is 2.06. The van der Waals surface area contributed by atoms with Gasteiger partial charge in [-0.3, -0.25) is 9.63 Å². The van der Waals surface area contributed by atoms with Gasteiger partial charge in [-0.1, -0.05) is 48.5 Å². The third-order valence-electron chi connectivity index (χ3n) is 4.87. The Kier molecular flexibility index (Phi) is 10.1. The fraction of sp³-hybridized carbons (Fsp3) is 0.440. The van der Waals surface area contributed by atoms with Gasteiger partial charge >= 0.3 is 12.3 Å². The molecule has 0 saturated heterocycles. The Morgan fingerprint density at radius 1 is 1.06 bits per heavy atom. The van der Waals surface area contributed by atoms with E-state index < -0.39 is 41.9 Å². The number of benzene rings is 2. The number of ether oxygens (including phenoxy) is 1. The molecule has 0 fully saturated rings. The third kappa shape index (κ3) is 9.96. The highest BCUT2D eigenvalue weighted by atomic mass is 19.4. The van der Waals surface area contributed by atoms with Crippen LogP contribution in [-0.2, 0) is 27.2 Å². The maximum absolute atomic E-state index is 13.1. The highest BCUT2D eigenvalue weighted by molar-refractivity contribution is 5.76. The van der Waals surface area contributed by atoms with Gasteiger partial charge < -0.3 is 14.7 Å². The molecule has 2 aromatic rings. The van der Waals surface area contributed by atoms with Gasteiger partial charge in [0.1, 0.15) is 5.60 Å². The fourth-order valence-corrected chi connectivity index (χ4v) is 3.15. The molecule has 0 aromatic heterocycles. The van der Waals surface area contributed by atoms with Gasteiger partial charge in [0, 0.05) is 25.4 Å². The van der Waals surface area contributed by atoms with Crippen LogP contribution in [0.2, 0.25) is 0 Å². The number of hydrogen-bond acceptors (Lipinski definition) is 5. The van der Waals surface area contributed by atoms with E-state index in [9.17, 15) is 27.9 Å². The summed E-state index contributed by atoms with van der Waals surface area (Å²) in [5.41, 5.74) is 1.69. The molecule has 7 nitrogen and oxygen atoms in total. The van der Waals surface area contributed by atoms with Crippen molar-refractivity contribution >= 4 is 12.0 Å². The molecule has 2 rings (SSSR count). The van der Waals surface area contributed by atoms with Gasteiger partial charge in [0.25, 0.3) is 0 Å². The quantitative estimate of drug-likeness (QED) is 0.468. The van der Waals surface area contributed by atoms with Crippen molar-refractivity contribution in [3.63, 3.8) is 0 Å².